The number of carbonyl (C=O) groups excluding carboxylic acids is 1. The van der Waals surface area contributed by atoms with Gasteiger partial charge in [-0.05, 0) is 28.4 Å². The minimum atomic E-state index is -0.274. The molecule has 0 bridgehead atoms. The first-order valence-electron chi connectivity index (χ1n) is 4.49. The van der Waals surface area contributed by atoms with Gasteiger partial charge in [-0.1, -0.05) is 12.1 Å². The summed E-state index contributed by atoms with van der Waals surface area (Å²) in [6.07, 6.45) is 0.221. The minimum Gasteiger partial charge on any atom is -0.495 e. The van der Waals surface area contributed by atoms with Crippen LogP contribution in [0.3, 0.4) is 0 Å². The van der Waals surface area contributed by atoms with Crippen molar-refractivity contribution in [3.05, 3.63) is 27.7 Å². The number of rotatable bonds is 3. The zero-order valence-electron chi connectivity index (χ0n) is 8.96. The van der Waals surface area contributed by atoms with Crippen LogP contribution in [0.2, 0.25) is 0 Å². The molecule has 4 heteroatoms. The lowest BCUT2D eigenvalue weighted by Gasteiger charge is -2.11. The maximum absolute atomic E-state index is 11.2. The summed E-state index contributed by atoms with van der Waals surface area (Å²) >= 11 is 3.43. The second kappa shape index (κ2) is 5.16. The molecule has 1 aromatic rings. The Morgan fingerprint density at radius 2 is 2.07 bits per heavy atom. The van der Waals surface area contributed by atoms with Gasteiger partial charge in [0.15, 0.2) is 0 Å². The Morgan fingerprint density at radius 1 is 1.40 bits per heavy atom. The van der Waals surface area contributed by atoms with Crippen LogP contribution < -0.4 is 4.74 Å². The molecule has 0 amide bonds. The third kappa shape index (κ3) is 2.72. The van der Waals surface area contributed by atoms with Crippen molar-refractivity contribution in [3.8, 4) is 5.75 Å². The van der Waals surface area contributed by atoms with Gasteiger partial charge in [0.25, 0.3) is 0 Å². The van der Waals surface area contributed by atoms with Gasteiger partial charge in [-0.3, -0.25) is 4.79 Å². The van der Waals surface area contributed by atoms with Gasteiger partial charge in [0.1, 0.15) is 5.75 Å². The lowest BCUT2D eigenvalue weighted by atomic mass is 10.1. The molecule has 0 saturated carbocycles. The fourth-order valence-corrected chi connectivity index (χ4v) is 1.83. The topological polar surface area (TPSA) is 35.5 Å². The van der Waals surface area contributed by atoms with Crippen LogP contribution >= 0.6 is 15.9 Å². The van der Waals surface area contributed by atoms with Crippen molar-refractivity contribution in [2.75, 3.05) is 14.2 Å². The summed E-state index contributed by atoms with van der Waals surface area (Å²) in [6.45, 7) is 1.97. The first-order valence-corrected chi connectivity index (χ1v) is 5.28. The number of hydrogen-bond acceptors (Lipinski definition) is 3. The van der Waals surface area contributed by atoms with Gasteiger partial charge < -0.3 is 9.47 Å². The average Bonchev–Trinajstić information content (AvgIpc) is 2.24. The number of aryl methyl sites for hydroxylation is 1. The van der Waals surface area contributed by atoms with E-state index in [1.54, 1.807) is 7.11 Å². The van der Waals surface area contributed by atoms with Crippen molar-refractivity contribution >= 4 is 21.9 Å². The van der Waals surface area contributed by atoms with E-state index in [4.69, 9.17) is 4.74 Å². The van der Waals surface area contributed by atoms with E-state index in [2.05, 4.69) is 20.7 Å². The van der Waals surface area contributed by atoms with Crippen molar-refractivity contribution in [3.63, 3.8) is 0 Å². The van der Waals surface area contributed by atoms with Crippen LogP contribution in [0.4, 0.5) is 0 Å². The van der Waals surface area contributed by atoms with E-state index in [0.29, 0.717) is 5.75 Å². The summed E-state index contributed by atoms with van der Waals surface area (Å²) in [5, 5.41) is 0. The number of esters is 1. The van der Waals surface area contributed by atoms with Crippen LogP contribution in [0.25, 0.3) is 0 Å². The quantitative estimate of drug-likeness (QED) is 0.794. The molecule has 3 nitrogen and oxygen atoms in total. The summed E-state index contributed by atoms with van der Waals surface area (Å²) in [4.78, 5) is 11.2. The Hall–Kier alpha value is -1.03. The predicted molar refractivity (Wildman–Crippen MR) is 61.2 cm³/mol. The Kier molecular flexibility index (Phi) is 4.15. The average molecular weight is 273 g/mol. The molecular formula is C11H13BrO3. The van der Waals surface area contributed by atoms with Crippen LogP contribution in [-0.4, -0.2) is 20.2 Å². The first kappa shape index (κ1) is 12.0. The highest BCUT2D eigenvalue weighted by molar-refractivity contribution is 9.10. The number of ether oxygens (including phenoxy) is 2. The SMILES string of the molecule is COC(=O)Cc1ccc(C)c(Br)c1OC. The van der Waals surface area contributed by atoms with Crippen molar-refractivity contribution in [1.82, 2.24) is 0 Å². The van der Waals surface area contributed by atoms with Gasteiger partial charge in [-0.15, -0.1) is 0 Å². The number of methoxy groups -OCH3 is 2. The number of hydrogen-bond donors (Lipinski definition) is 0. The standard InChI is InChI=1S/C11H13BrO3/c1-7-4-5-8(6-9(13)14-2)11(15-3)10(7)12/h4-5H,6H2,1-3H3. The number of benzene rings is 1. The van der Waals surface area contributed by atoms with Crippen LogP contribution in [0.5, 0.6) is 5.75 Å². The van der Waals surface area contributed by atoms with Crippen LogP contribution in [0, 0.1) is 6.92 Å². The molecule has 0 aliphatic carbocycles. The summed E-state index contributed by atoms with van der Waals surface area (Å²) < 4.78 is 10.7. The van der Waals surface area contributed by atoms with E-state index in [0.717, 1.165) is 15.6 Å². The molecule has 0 radical (unpaired) electrons. The molecular weight excluding hydrogens is 260 g/mol. The lowest BCUT2D eigenvalue weighted by molar-refractivity contribution is -0.139. The number of carbonyl (C=O) groups is 1. The van der Waals surface area contributed by atoms with Gasteiger partial charge >= 0.3 is 5.97 Å². The maximum Gasteiger partial charge on any atom is 0.310 e. The molecule has 0 aliphatic heterocycles. The zero-order valence-corrected chi connectivity index (χ0v) is 10.6. The highest BCUT2D eigenvalue weighted by Gasteiger charge is 2.12. The molecule has 1 aromatic carbocycles. The Balaban J connectivity index is 3.07. The molecule has 0 N–H and O–H groups in total. The Labute approximate surface area is 97.5 Å². The Morgan fingerprint density at radius 3 is 2.60 bits per heavy atom. The van der Waals surface area contributed by atoms with Crippen LogP contribution in [0.15, 0.2) is 16.6 Å². The van der Waals surface area contributed by atoms with Gasteiger partial charge in [-0.2, -0.15) is 0 Å². The zero-order chi connectivity index (χ0) is 11.4. The number of halogens is 1. The summed E-state index contributed by atoms with van der Waals surface area (Å²) in [6, 6.07) is 3.81. The van der Waals surface area contributed by atoms with Gasteiger partial charge in [0.05, 0.1) is 25.1 Å². The second-order valence-electron chi connectivity index (χ2n) is 3.14. The minimum absolute atomic E-state index is 0.221. The molecule has 15 heavy (non-hydrogen) atoms. The van der Waals surface area contributed by atoms with Gasteiger partial charge in [-0.25, -0.2) is 0 Å². The summed E-state index contributed by atoms with van der Waals surface area (Å²) in [5.41, 5.74) is 1.89. The molecule has 0 spiro atoms. The molecule has 82 valence electrons. The summed E-state index contributed by atoms with van der Waals surface area (Å²) in [7, 11) is 2.96. The van der Waals surface area contributed by atoms with Crippen molar-refractivity contribution in [2.45, 2.75) is 13.3 Å². The first-order chi connectivity index (χ1) is 7.10. The van der Waals surface area contributed by atoms with Crippen molar-refractivity contribution in [2.24, 2.45) is 0 Å². The smallest absolute Gasteiger partial charge is 0.310 e. The predicted octanol–water partition coefficient (Wildman–Crippen LogP) is 2.48. The molecule has 0 aromatic heterocycles. The third-order valence-corrected chi connectivity index (χ3v) is 3.12. The fourth-order valence-electron chi connectivity index (χ4n) is 1.28. The third-order valence-electron chi connectivity index (χ3n) is 2.14. The van der Waals surface area contributed by atoms with Gasteiger partial charge in [0.2, 0.25) is 0 Å². The van der Waals surface area contributed by atoms with E-state index in [1.807, 2.05) is 19.1 Å². The van der Waals surface area contributed by atoms with Gasteiger partial charge in [0, 0.05) is 5.56 Å². The van der Waals surface area contributed by atoms with E-state index >= 15 is 0 Å². The molecule has 1 rings (SSSR count). The van der Waals surface area contributed by atoms with Crippen LogP contribution in [0.1, 0.15) is 11.1 Å². The molecule has 0 saturated heterocycles. The molecule has 0 atom stereocenters. The fraction of sp³-hybridized carbons (Fsp3) is 0.364. The largest absolute Gasteiger partial charge is 0.495 e. The van der Waals surface area contributed by atoms with E-state index in [9.17, 15) is 4.79 Å². The molecule has 0 unspecified atom stereocenters. The van der Waals surface area contributed by atoms with Crippen LogP contribution in [-0.2, 0) is 16.0 Å². The molecule has 0 aliphatic rings. The highest BCUT2D eigenvalue weighted by atomic mass is 79.9. The van der Waals surface area contributed by atoms with E-state index in [-0.39, 0.29) is 12.4 Å². The Bertz CT molecular complexity index is 374. The van der Waals surface area contributed by atoms with Crippen molar-refractivity contribution in [1.29, 1.82) is 0 Å². The second-order valence-corrected chi connectivity index (χ2v) is 3.93. The van der Waals surface area contributed by atoms with E-state index < -0.39 is 0 Å². The maximum atomic E-state index is 11.2. The molecule has 0 heterocycles. The van der Waals surface area contributed by atoms with E-state index in [1.165, 1.54) is 7.11 Å². The van der Waals surface area contributed by atoms with Crippen molar-refractivity contribution < 1.29 is 14.3 Å². The summed E-state index contributed by atoms with van der Waals surface area (Å²) in [5.74, 6) is 0.421. The lowest BCUT2D eigenvalue weighted by Crippen LogP contribution is -2.06. The highest BCUT2D eigenvalue weighted by Crippen LogP contribution is 2.32. The molecule has 0 fully saturated rings. The monoisotopic (exact) mass is 272 g/mol. The normalized spacial score (nSPS) is 9.87.